The van der Waals surface area contributed by atoms with Gasteiger partial charge in [0.05, 0.1) is 17.3 Å². The maximum absolute atomic E-state index is 5.03. The first-order valence-electron chi connectivity index (χ1n) is 25.5. The molecule has 3 heteroatoms. The summed E-state index contributed by atoms with van der Waals surface area (Å²) in [5.74, 6) is 0. The van der Waals surface area contributed by atoms with Crippen LogP contribution >= 0.6 is 0 Å². The third-order valence-corrected chi connectivity index (χ3v) is 13.3. The van der Waals surface area contributed by atoms with E-state index in [1.165, 1.54) is 83.5 Å². The van der Waals surface area contributed by atoms with E-state index in [4.69, 9.17) is 9.97 Å². The van der Waals surface area contributed by atoms with Crippen molar-refractivity contribution in [3.8, 4) is 33.5 Å². The van der Waals surface area contributed by atoms with Crippen molar-refractivity contribution in [2.75, 3.05) is 5.32 Å². The number of fused-ring (bicyclic) bond motifs is 2. The molecule has 71 heavy (non-hydrogen) atoms. The molecule has 2 aromatic heterocycles. The molecule has 0 saturated heterocycles. The Morgan fingerprint density at radius 2 is 1.28 bits per heavy atom. The number of hydrogen-bond donors (Lipinski definition) is 1. The fraction of sp³-hybridized carbons (Fsp3) is 0.206. The van der Waals surface area contributed by atoms with Crippen LogP contribution in [0.1, 0.15) is 111 Å². The predicted octanol–water partition coefficient (Wildman–Crippen LogP) is 19.2. The van der Waals surface area contributed by atoms with Gasteiger partial charge in [-0.05, 0) is 183 Å². The molecule has 1 atom stereocenters. The zero-order valence-electron chi connectivity index (χ0n) is 43.6. The highest BCUT2D eigenvalue weighted by Gasteiger charge is 2.24. The largest absolute Gasteiger partial charge is 0.374 e. The molecule has 3 heterocycles. The van der Waals surface area contributed by atoms with Gasteiger partial charge in [-0.3, -0.25) is 9.97 Å². The summed E-state index contributed by atoms with van der Waals surface area (Å²) in [6, 6.07) is 54.4. The van der Waals surface area contributed by atoms with E-state index in [1.54, 1.807) is 0 Å². The van der Waals surface area contributed by atoms with Gasteiger partial charge in [-0.2, -0.15) is 0 Å². The number of hydrogen-bond acceptors (Lipinski definition) is 3. The first kappa shape index (κ1) is 51.2. The van der Waals surface area contributed by atoms with E-state index in [-0.39, 0.29) is 6.04 Å². The summed E-state index contributed by atoms with van der Waals surface area (Å²) in [7, 11) is 0. The van der Waals surface area contributed by atoms with Gasteiger partial charge in [0.2, 0.25) is 0 Å². The Hall–Kier alpha value is -7.62. The highest BCUT2D eigenvalue weighted by Crippen LogP contribution is 2.43. The van der Waals surface area contributed by atoms with Gasteiger partial charge in [0, 0.05) is 40.2 Å². The second-order valence-electron chi connectivity index (χ2n) is 18.2. The summed E-state index contributed by atoms with van der Waals surface area (Å²) in [5, 5.41) is 5.04. The SMILES string of the molecule is C/C=C\C(C)=C/C.CC.CCC1=C(c2cc(-c3ccc4c(c3)C(c3ccc(-c5cnc6ccccc6c5)nc3)=CC(c3ccc(C)c(-c5ccccc5C)c3)N4)ccc2C)CCC=C1.Cc1ccccc1. The zero-order valence-corrected chi connectivity index (χ0v) is 43.6. The van der Waals surface area contributed by atoms with E-state index in [0.717, 1.165) is 52.7 Å². The summed E-state index contributed by atoms with van der Waals surface area (Å²) in [5.41, 5.74) is 24.5. The summed E-state index contributed by atoms with van der Waals surface area (Å²) < 4.78 is 0. The molecule has 0 saturated carbocycles. The van der Waals surface area contributed by atoms with Crippen LogP contribution in [0.5, 0.6) is 0 Å². The van der Waals surface area contributed by atoms with Crippen molar-refractivity contribution in [3.63, 3.8) is 0 Å². The van der Waals surface area contributed by atoms with Crippen LogP contribution in [0.25, 0.3) is 55.6 Å². The highest BCUT2D eigenvalue weighted by molar-refractivity contribution is 5.92. The molecule has 0 radical (unpaired) electrons. The number of para-hydroxylation sites is 1. The topological polar surface area (TPSA) is 37.8 Å². The van der Waals surface area contributed by atoms with Crippen LogP contribution in [0.3, 0.4) is 0 Å². The molecule has 1 aliphatic heterocycles. The van der Waals surface area contributed by atoms with Crippen molar-refractivity contribution in [1.29, 1.82) is 0 Å². The van der Waals surface area contributed by atoms with Crippen LogP contribution in [0.4, 0.5) is 5.69 Å². The lowest BCUT2D eigenvalue weighted by Gasteiger charge is -2.28. The standard InChI is InChI=1S/C52H45N3.C7H8.C7H12.C2H6/c1-5-36-13-7-10-16-44(36)46-27-37(20-18-35(46)4)38-22-25-51-48(28-38)47(41-23-24-50(53-31-41)42-26-39-14-8-11-17-49(39)54-32-42)30-52(55-51)40-21-19-34(3)45(29-40)43-15-9-6-12-33(43)2;1-7-5-3-2-4-6-7;1-4-6-7(3)5-2;1-2/h6-9,11-15,17-32,52,55H,5,10,16H2,1-4H3;2-6H,1H3;4-6H,1-3H3;1-2H3/b;;6-4-,7-5-;. The lowest BCUT2D eigenvalue weighted by molar-refractivity contribution is 0.971. The van der Waals surface area contributed by atoms with Gasteiger partial charge in [0.15, 0.2) is 0 Å². The molecule has 10 rings (SSSR count). The minimum Gasteiger partial charge on any atom is -0.374 e. The minimum absolute atomic E-state index is 0.0224. The summed E-state index contributed by atoms with van der Waals surface area (Å²) >= 11 is 0. The molecule has 2 aliphatic rings. The van der Waals surface area contributed by atoms with Crippen LogP contribution in [0.15, 0.2) is 212 Å². The monoisotopic (exact) mass is 930 g/mol. The Morgan fingerprint density at radius 1 is 0.620 bits per heavy atom. The van der Waals surface area contributed by atoms with Gasteiger partial charge in [0.1, 0.15) is 0 Å². The molecule has 0 spiro atoms. The summed E-state index contributed by atoms with van der Waals surface area (Å²) in [4.78, 5) is 9.74. The molecule has 3 nitrogen and oxygen atoms in total. The second kappa shape index (κ2) is 24.8. The first-order valence-corrected chi connectivity index (χ1v) is 25.5. The van der Waals surface area contributed by atoms with E-state index in [1.807, 2.05) is 76.5 Å². The smallest absolute Gasteiger partial charge is 0.0718 e. The van der Waals surface area contributed by atoms with E-state index in [9.17, 15) is 0 Å². The molecule has 1 unspecified atom stereocenters. The summed E-state index contributed by atoms with van der Waals surface area (Å²) in [6.07, 6.45) is 20.4. The van der Waals surface area contributed by atoms with Crippen LogP contribution in [0.2, 0.25) is 0 Å². The first-order chi connectivity index (χ1) is 34.6. The number of anilines is 1. The van der Waals surface area contributed by atoms with Crippen molar-refractivity contribution in [2.24, 2.45) is 0 Å². The quantitative estimate of drug-likeness (QED) is 0.154. The molecule has 1 N–H and O–H groups in total. The lowest BCUT2D eigenvalue weighted by atomic mass is 9.85. The van der Waals surface area contributed by atoms with Crippen molar-refractivity contribution >= 4 is 27.7 Å². The van der Waals surface area contributed by atoms with Crippen molar-refractivity contribution in [3.05, 3.63) is 256 Å². The van der Waals surface area contributed by atoms with Crippen LogP contribution in [-0.2, 0) is 0 Å². The predicted molar refractivity (Wildman–Crippen MR) is 309 cm³/mol. The van der Waals surface area contributed by atoms with Gasteiger partial charge >= 0.3 is 0 Å². The molecule has 0 bridgehead atoms. The van der Waals surface area contributed by atoms with Crippen molar-refractivity contribution in [2.45, 2.75) is 94.5 Å². The molecule has 0 fully saturated rings. The molecule has 0 amide bonds. The number of rotatable bonds is 8. The van der Waals surface area contributed by atoms with E-state index in [0.29, 0.717) is 0 Å². The number of aryl methyl sites for hydroxylation is 4. The van der Waals surface area contributed by atoms with Gasteiger partial charge < -0.3 is 5.32 Å². The Kier molecular flexibility index (Phi) is 17.9. The number of benzene rings is 6. The van der Waals surface area contributed by atoms with Crippen molar-refractivity contribution in [1.82, 2.24) is 9.97 Å². The van der Waals surface area contributed by atoms with Gasteiger partial charge in [-0.1, -0.05) is 171 Å². The zero-order chi connectivity index (χ0) is 50.3. The van der Waals surface area contributed by atoms with Gasteiger partial charge in [0.25, 0.3) is 0 Å². The molecule has 8 aromatic rings. The number of allylic oxidation sites excluding steroid dienone is 8. The molecular weight excluding hydrogens is 859 g/mol. The number of nitrogens with zero attached hydrogens (tertiary/aromatic N) is 2. The fourth-order valence-corrected chi connectivity index (χ4v) is 9.28. The van der Waals surface area contributed by atoms with E-state index in [2.05, 4.69) is 199 Å². The van der Waals surface area contributed by atoms with E-state index < -0.39 is 0 Å². The highest BCUT2D eigenvalue weighted by atomic mass is 14.9. The number of nitrogens with one attached hydrogen (secondary N) is 1. The lowest BCUT2D eigenvalue weighted by Crippen LogP contribution is -2.15. The molecule has 6 aromatic carbocycles. The van der Waals surface area contributed by atoms with Crippen LogP contribution < -0.4 is 5.32 Å². The Morgan fingerprint density at radius 3 is 1.97 bits per heavy atom. The fourth-order valence-electron chi connectivity index (χ4n) is 9.28. The third kappa shape index (κ3) is 12.6. The summed E-state index contributed by atoms with van der Waals surface area (Å²) in [6.45, 7) is 21.1. The van der Waals surface area contributed by atoms with Gasteiger partial charge in [-0.15, -0.1) is 0 Å². The minimum atomic E-state index is -0.0224. The van der Waals surface area contributed by atoms with Gasteiger partial charge in [-0.25, -0.2) is 0 Å². The van der Waals surface area contributed by atoms with Crippen LogP contribution in [0, 0.1) is 27.7 Å². The maximum Gasteiger partial charge on any atom is 0.0718 e. The molecule has 1 aliphatic carbocycles. The van der Waals surface area contributed by atoms with Crippen molar-refractivity contribution < 1.29 is 0 Å². The Bertz CT molecular complexity index is 3230. The molecular formula is C68H71N3. The number of pyridine rings is 2. The third-order valence-electron chi connectivity index (χ3n) is 13.3. The van der Waals surface area contributed by atoms with E-state index >= 15 is 0 Å². The maximum atomic E-state index is 5.03. The number of aromatic nitrogens is 2. The second-order valence-corrected chi connectivity index (χ2v) is 18.2. The van der Waals surface area contributed by atoms with Crippen LogP contribution in [-0.4, -0.2) is 9.97 Å². The average molecular weight is 930 g/mol. The Labute approximate surface area is 425 Å². The molecule has 358 valence electrons. The Balaban J connectivity index is 0.000000400. The normalized spacial score (nSPS) is 14.0. The average Bonchev–Trinajstić information content (AvgIpc) is 3.42.